The molecule has 0 spiro atoms. The maximum absolute atomic E-state index is 11.1. The number of carbonyl (C=O) groups is 1. The number of hydroxylamine groups is 1. The minimum atomic E-state index is -0.542. The average Bonchev–Trinajstić information content (AvgIpc) is 3.22. The highest BCUT2D eigenvalue weighted by Crippen LogP contribution is 2.19. The smallest absolute Gasteiger partial charge is 0.267 e. The van der Waals surface area contributed by atoms with Crippen LogP contribution in [0.15, 0.2) is 60.8 Å². The number of rotatable bonds is 12. The summed E-state index contributed by atoms with van der Waals surface area (Å²) in [6.07, 6.45) is 7.07. The van der Waals surface area contributed by atoms with E-state index in [0.29, 0.717) is 0 Å². The number of H-pyrrole nitrogens is 1. The molecule has 0 aliphatic rings. The molecule has 1 aromatic heterocycles. The molecular weight excluding hydrogens is 390 g/mol. The van der Waals surface area contributed by atoms with Gasteiger partial charge in [-0.3, -0.25) is 14.9 Å². The zero-order chi connectivity index (χ0) is 21.9. The minimum absolute atomic E-state index is 0.542. The second-order valence-electron chi connectivity index (χ2n) is 7.55. The van der Waals surface area contributed by atoms with Crippen LogP contribution in [-0.4, -0.2) is 47.3 Å². The van der Waals surface area contributed by atoms with E-state index in [1.54, 1.807) is 11.6 Å². The van der Waals surface area contributed by atoms with Gasteiger partial charge in [-0.25, -0.2) is 5.48 Å². The van der Waals surface area contributed by atoms with Crippen LogP contribution in [0.5, 0.6) is 0 Å². The van der Waals surface area contributed by atoms with Gasteiger partial charge in [0.2, 0.25) is 0 Å². The molecule has 0 unspecified atom stereocenters. The quantitative estimate of drug-likeness (QED) is 0.178. The number of fused-ring (bicyclic) bond motifs is 1. The summed E-state index contributed by atoms with van der Waals surface area (Å²) in [6.45, 7) is 6.28. The molecule has 3 aromatic rings. The van der Waals surface area contributed by atoms with E-state index < -0.39 is 5.91 Å². The zero-order valence-electron chi connectivity index (χ0n) is 18.0. The molecule has 0 saturated carbocycles. The van der Waals surface area contributed by atoms with Crippen LogP contribution in [-0.2, 0) is 22.5 Å². The Labute approximate surface area is 183 Å². The molecule has 164 valence electrons. The Balaban J connectivity index is 1.62. The van der Waals surface area contributed by atoms with Crippen molar-refractivity contribution in [3.8, 4) is 0 Å². The molecule has 0 atom stereocenters. The third kappa shape index (κ3) is 7.07. The molecule has 0 aliphatic carbocycles. The zero-order valence-corrected chi connectivity index (χ0v) is 18.0. The van der Waals surface area contributed by atoms with Gasteiger partial charge in [0.05, 0.1) is 6.61 Å². The van der Waals surface area contributed by atoms with Gasteiger partial charge in [0.15, 0.2) is 0 Å². The summed E-state index contributed by atoms with van der Waals surface area (Å²) in [7, 11) is 0. The molecule has 1 heterocycles. The van der Waals surface area contributed by atoms with Crippen LogP contribution in [0.3, 0.4) is 0 Å². The van der Waals surface area contributed by atoms with Gasteiger partial charge < -0.3 is 9.72 Å². The third-order valence-electron chi connectivity index (χ3n) is 5.20. The number of amides is 1. The molecule has 3 N–H and O–H groups in total. The summed E-state index contributed by atoms with van der Waals surface area (Å²) in [5, 5.41) is 9.85. The number of carbonyl (C=O) groups excluding carboxylic acids is 1. The molecular formula is C25H31N3O3. The van der Waals surface area contributed by atoms with E-state index >= 15 is 0 Å². The van der Waals surface area contributed by atoms with Crippen molar-refractivity contribution in [3.05, 3.63) is 77.5 Å². The first-order valence-corrected chi connectivity index (χ1v) is 10.8. The first kappa shape index (κ1) is 22.7. The van der Waals surface area contributed by atoms with Gasteiger partial charge >= 0.3 is 0 Å². The average molecular weight is 422 g/mol. The van der Waals surface area contributed by atoms with Crippen LogP contribution >= 0.6 is 0 Å². The molecule has 6 heteroatoms. The highest BCUT2D eigenvalue weighted by Gasteiger charge is 2.09. The number of aromatic amines is 1. The first-order valence-electron chi connectivity index (χ1n) is 10.8. The summed E-state index contributed by atoms with van der Waals surface area (Å²) in [4.78, 5) is 16.9. The van der Waals surface area contributed by atoms with Crippen LogP contribution < -0.4 is 5.48 Å². The molecule has 1 amide bonds. The lowest BCUT2D eigenvalue weighted by Gasteiger charge is -2.22. The molecule has 6 nitrogen and oxygen atoms in total. The van der Waals surface area contributed by atoms with E-state index in [9.17, 15) is 4.79 Å². The topological polar surface area (TPSA) is 77.6 Å². The molecule has 3 rings (SSSR count). The second kappa shape index (κ2) is 12.1. The predicted octanol–water partition coefficient (Wildman–Crippen LogP) is 4.16. The first-order chi connectivity index (χ1) is 15.2. The largest absolute Gasteiger partial charge is 0.380 e. The van der Waals surface area contributed by atoms with Crippen molar-refractivity contribution in [1.82, 2.24) is 15.4 Å². The summed E-state index contributed by atoms with van der Waals surface area (Å²) < 4.78 is 5.73. The third-order valence-corrected chi connectivity index (χ3v) is 5.20. The van der Waals surface area contributed by atoms with Gasteiger partial charge in [0, 0.05) is 49.4 Å². The van der Waals surface area contributed by atoms with Gasteiger partial charge in [0.1, 0.15) is 0 Å². The molecule has 2 aromatic carbocycles. The summed E-state index contributed by atoms with van der Waals surface area (Å²) in [5.74, 6) is -0.542. The van der Waals surface area contributed by atoms with E-state index in [2.05, 4.69) is 59.4 Å². The van der Waals surface area contributed by atoms with Gasteiger partial charge in [-0.05, 0) is 41.7 Å². The maximum Gasteiger partial charge on any atom is 0.267 e. The van der Waals surface area contributed by atoms with Crippen molar-refractivity contribution in [2.24, 2.45) is 0 Å². The normalized spacial score (nSPS) is 11.6. The molecule has 0 bridgehead atoms. The van der Waals surface area contributed by atoms with Crippen LogP contribution in [0.2, 0.25) is 0 Å². The number of benzene rings is 2. The number of para-hydroxylation sites is 1. The van der Waals surface area contributed by atoms with Crippen molar-refractivity contribution in [1.29, 1.82) is 0 Å². The lowest BCUT2D eigenvalue weighted by molar-refractivity contribution is -0.124. The fourth-order valence-corrected chi connectivity index (χ4v) is 3.53. The standard InChI is InChI=1S/C25H31N3O3/c1-2-16-31-17-15-28(14-13-22-18-26-24-6-4-3-5-23(22)24)19-21-9-7-20(8-10-21)11-12-25(29)27-30/h3-12,18,26,30H,2,13-17,19H2,1H3,(H,27,29)/b12-11+. The Hall–Kier alpha value is -2.93. The highest BCUT2D eigenvalue weighted by molar-refractivity contribution is 5.90. The van der Waals surface area contributed by atoms with E-state index in [4.69, 9.17) is 9.94 Å². The van der Waals surface area contributed by atoms with Crippen molar-refractivity contribution >= 4 is 22.9 Å². The fourth-order valence-electron chi connectivity index (χ4n) is 3.53. The monoisotopic (exact) mass is 421 g/mol. The molecule has 0 fully saturated rings. The Morgan fingerprint density at radius 1 is 1.13 bits per heavy atom. The SMILES string of the molecule is CCCOCCN(CCc1c[nH]c2ccccc12)Cc1ccc(/C=C/C(=O)NO)cc1. The maximum atomic E-state index is 11.1. The highest BCUT2D eigenvalue weighted by atomic mass is 16.5. The Bertz CT molecular complexity index is 979. The second-order valence-corrected chi connectivity index (χ2v) is 7.55. The Morgan fingerprint density at radius 2 is 1.94 bits per heavy atom. The van der Waals surface area contributed by atoms with Crippen molar-refractivity contribution < 1.29 is 14.7 Å². The Kier molecular flexibility index (Phi) is 8.84. The van der Waals surface area contributed by atoms with E-state index in [-0.39, 0.29) is 0 Å². The van der Waals surface area contributed by atoms with Crippen molar-refractivity contribution in [2.45, 2.75) is 26.3 Å². The van der Waals surface area contributed by atoms with Crippen LogP contribution in [0.1, 0.15) is 30.0 Å². The van der Waals surface area contributed by atoms with E-state index in [0.717, 1.165) is 51.3 Å². The number of hydrogen-bond acceptors (Lipinski definition) is 4. The van der Waals surface area contributed by atoms with Crippen LogP contribution in [0, 0.1) is 0 Å². The van der Waals surface area contributed by atoms with Gasteiger partial charge in [-0.15, -0.1) is 0 Å². The van der Waals surface area contributed by atoms with E-state index in [1.165, 1.54) is 28.1 Å². The number of nitrogens with zero attached hydrogens (tertiary/aromatic N) is 1. The van der Waals surface area contributed by atoms with Crippen molar-refractivity contribution in [2.75, 3.05) is 26.3 Å². The predicted molar refractivity (Wildman–Crippen MR) is 124 cm³/mol. The summed E-state index contributed by atoms with van der Waals surface area (Å²) in [6, 6.07) is 16.5. The minimum Gasteiger partial charge on any atom is -0.380 e. The number of hydrogen-bond donors (Lipinski definition) is 3. The van der Waals surface area contributed by atoms with Gasteiger partial charge in [-0.1, -0.05) is 49.4 Å². The van der Waals surface area contributed by atoms with Gasteiger partial charge in [0.25, 0.3) is 5.91 Å². The van der Waals surface area contributed by atoms with Gasteiger partial charge in [-0.2, -0.15) is 0 Å². The Morgan fingerprint density at radius 3 is 2.71 bits per heavy atom. The molecule has 0 saturated heterocycles. The number of aromatic nitrogens is 1. The molecule has 0 radical (unpaired) electrons. The van der Waals surface area contributed by atoms with Crippen LogP contribution in [0.25, 0.3) is 17.0 Å². The fraction of sp³-hybridized carbons (Fsp3) is 0.320. The summed E-state index contributed by atoms with van der Waals surface area (Å²) >= 11 is 0. The molecule has 0 aliphatic heterocycles. The summed E-state index contributed by atoms with van der Waals surface area (Å²) in [5.41, 5.74) is 6.21. The lowest BCUT2D eigenvalue weighted by Crippen LogP contribution is -2.29. The number of nitrogens with one attached hydrogen (secondary N) is 2. The van der Waals surface area contributed by atoms with Crippen LogP contribution in [0.4, 0.5) is 0 Å². The van der Waals surface area contributed by atoms with Crippen molar-refractivity contribution in [3.63, 3.8) is 0 Å². The lowest BCUT2D eigenvalue weighted by atomic mass is 10.1. The molecule has 31 heavy (non-hydrogen) atoms. The van der Waals surface area contributed by atoms with E-state index in [1.807, 2.05) is 12.1 Å². The number of ether oxygens (including phenoxy) is 1.